The van der Waals surface area contributed by atoms with E-state index in [1.165, 1.54) is 0 Å². The van der Waals surface area contributed by atoms with Gasteiger partial charge in [0.15, 0.2) is 0 Å². The molecule has 5 heteroatoms. The number of ether oxygens (including phenoxy) is 1. The lowest BCUT2D eigenvalue weighted by molar-refractivity contribution is -0.179. The van der Waals surface area contributed by atoms with Crippen molar-refractivity contribution < 1.29 is 20.1 Å². The first kappa shape index (κ1) is 18.8. The van der Waals surface area contributed by atoms with Gasteiger partial charge in [-0.2, -0.15) is 0 Å². The van der Waals surface area contributed by atoms with Crippen LogP contribution in [0.15, 0.2) is 73.1 Å². The molecule has 1 fully saturated rings. The van der Waals surface area contributed by atoms with E-state index in [1.54, 1.807) is 6.20 Å². The highest BCUT2D eigenvalue weighted by molar-refractivity contribution is 5.70. The Kier molecular flexibility index (Phi) is 5.50. The fraction of sp³-hybridized carbons (Fsp3) is 0.261. The van der Waals surface area contributed by atoms with E-state index < -0.39 is 24.4 Å². The van der Waals surface area contributed by atoms with Crippen molar-refractivity contribution in [3.05, 3.63) is 78.6 Å². The van der Waals surface area contributed by atoms with Crippen LogP contribution in [0.1, 0.15) is 18.1 Å². The molecule has 1 saturated heterocycles. The van der Waals surface area contributed by atoms with E-state index in [2.05, 4.69) is 17.1 Å². The number of benzene rings is 2. The highest BCUT2D eigenvalue weighted by Gasteiger charge is 2.37. The van der Waals surface area contributed by atoms with Crippen LogP contribution in [0.25, 0.3) is 22.3 Å². The van der Waals surface area contributed by atoms with E-state index in [0.717, 1.165) is 27.8 Å². The van der Waals surface area contributed by atoms with Crippen LogP contribution >= 0.6 is 0 Å². The van der Waals surface area contributed by atoms with Crippen LogP contribution in [0.3, 0.4) is 0 Å². The summed E-state index contributed by atoms with van der Waals surface area (Å²) in [5.41, 5.74) is 4.96. The van der Waals surface area contributed by atoms with Crippen LogP contribution in [0, 0.1) is 0 Å². The Hall–Kier alpha value is -2.57. The van der Waals surface area contributed by atoms with Gasteiger partial charge in [0, 0.05) is 18.8 Å². The molecule has 2 heterocycles. The molecule has 3 aromatic rings. The Morgan fingerprint density at radius 3 is 2.29 bits per heavy atom. The van der Waals surface area contributed by atoms with Gasteiger partial charge in [-0.1, -0.05) is 48.5 Å². The van der Waals surface area contributed by atoms with Gasteiger partial charge in [0.2, 0.25) is 0 Å². The summed E-state index contributed by atoms with van der Waals surface area (Å²) >= 11 is 0. The maximum absolute atomic E-state index is 10.4. The standard InChI is InChI=1S/C23H23NO4/c25-14-20-12-21(26)22(27)23(28-20)18-4-1-3-17(11-18)15-6-8-16(9-7-15)19-5-2-10-24-13-19/h1-11,13,20-23,25-27H,12,14H2/t20-,21-,22-,23+/m0/s1. The van der Waals surface area contributed by atoms with Crippen LogP contribution in [0.4, 0.5) is 0 Å². The van der Waals surface area contributed by atoms with Crippen LogP contribution in [-0.2, 0) is 4.74 Å². The number of aliphatic hydroxyl groups is 3. The molecule has 0 radical (unpaired) electrons. The first-order valence-electron chi connectivity index (χ1n) is 9.39. The van der Waals surface area contributed by atoms with Crippen molar-refractivity contribution in [3.63, 3.8) is 0 Å². The minimum Gasteiger partial charge on any atom is -0.394 e. The van der Waals surface area contributed by atoms with Gasteiger partial charge in [-0.3, -0.25) is 4.98 Å². The number of hydrogen-bond acceptors (Lipinski definition) is 5. The summed E-state index contributed by atoms with van der Waals surface area (Å²) in [6.45, 7) is -0.185. The SMILES string of the molecule is OC[C@@H]1C[C@H](O)[C@H](O)[C@@H](c2cccc(-c3ccc(-c4cccnc4)cc3)c2)O1. The number of hydrogen-bond donors (Lipinski definition) is 3. The van der Waals surface area contributed by atoms with Gasteiger partial charge >= 0.3 is 0 Å². The van der Waals surface area contributed by atoms with E-state index in [4.69, 9.17) is 4.74 Å². The Morgan fingerprint density at radius 1 is 0.893 bits per heavy atom. The molecule has 0 amide bonds. The molecular weight excluding hydrogens is 354 g/mol. The smallest absolute Gasteiger partial charge is 0.111 e. The molecule has 144 valence electrons. The second kappa shape index (κ2) is 8.20. The fourth-order valence-electron chi connectivity index (χ4n) is 3.63. The molecule has 1 aliphatic heterocycles. The maximum Gasteiger partial charge on any atom is 0.111 e. The summed E-state index contributed by atoms with van der Waals surface area (Å²) in [6.07, 6.45) is 0.721. The zero-order valence-electron chi connectivity index (χ0n) is 15.3. The predicted octanol–water partition coefficient (Wildman–Crippen LogP) is 2.96. The van der Waals surface area contributed by atoms with Crippen molar-refractivity contribution in [3.8, 4) is 22.3 Å². The molecule has 2 aromatic carbocycles. The summed E-state index contributed by atoms with van der Waals surface area (Å²) in [5.74, 6) is 0. The van der Waals surface area contributed by atoms with Gasteiger partial charge in [0.25, 0.3) is 0 Å². The fourth-order valence-corrected chi connectivity index (χ4v) is 3.63. The van der Waals surface area contributed by atoms with E-state index >= 15 is 0 Å². The monoisotopic (exact) mass is 377 g/mol. The Balaban J connectivity index is 1.60. The number of rotatable bonds is 4. The van der Waals surface area contributed by atoms with E-state index in [9.17, 15) is 15.3 Å². The third-order valence-corrected chi connectivity index (χ3v) is 5.18. The first-order chi connectivity index (χ1) is 13.7. The number of aromatic nitrogens is 1. The number of pyridine rings is 1. The van der Waals surface area contributed by atoms with Crippen LogP contribution in [-0.4, -0.2) is 45.2 Å². The van der Waals surface area contributed by atoms with Crippen molar-refractivity contribution in [2.45, 2.75) is 30.8 Å². The molecule has 1 aliphatic rings. The van der Waals surface area contributed by atoms with Crippen molar-refractivity contribution in [1.82, 2.24) is 4.98 Å². The summed E-state index contributed by atoms with van der Waals surface area (Å²) in [5, 5.41) is 29.8. The van der Waals surface area contributed by atoms with Gasteiger partial charge < -0.3 is 20.1 Å². The number of nitrogens with zero attached hydrogens (tertiary/aromatic N) is 1. The van der Waals surface area contributed by atoms with Crippen molar-refractivity contribution >= 4 is 0 Å². The van der Waals surface area contributed by atoms with Crippen LogP contribution < -0.4 is 0 Å². The third-order valence-electron chi connectivity index (χ3n) is 5.18. The van der Waals surface area contributed by atoms with Gasteiger partial charge in [0.1, 0.15) is 12.2 Å². The number of aliphatic hydroxyl groups excluding tert-OH is 3. The minimum absolute atomic E-state index is 0.185. The third kappa shape index (κ3) is 3.84. The highest BCUT2D eigenvalue weighted by Crippen LogP contribution is 2.34. The average Bonchev–Trinajstić information content (AvgIpc) is 2.76. The lowest BCUT2D eigenvalue weighted by Crippen LogP contribution is -2.44. The van der Waals surface area contributed by atoms with Gasteiger partial charge in [-0.25, -0.2) is 0 Å². The molecule has 0 unspecified atom stereocenters. The minimum atomic E-state index is -1.02. The van der Waals surface area contributed by atoms with Crippen molar-refractivity contribution in [1.29, 1.82) is 0 Å². The normalized spacial score (nSPS) is 24.8. The molecule has 0 bridgehead atoms. The highest BCUT2D eigenvalue weighted by atomic mass is 16.5. The van der Waals surface area contributed by atoms with Gasteiger partial charge in [0.05, 0.1) is 18.8 Å². The summed E-state index contributed by atoms with van der Waals surface area (Å²) in [7, 11) is 0. The van der Waals surface area contributed by atoms with Crippen LogP contribution in [0.2, 0.25) is 0 Å². The zero-order valence-corrected chi connectivity index (χ0v) is 15.3. The molecule has 4 rings (SSSR count). The van der Waals surface area contributed by atoms with Crippen molar-refractivity contribution in [2.75, 3.05) is 6.61 Å². The molecule has 1 aromatic heterocycles. The molecule has 28 heavy (non-hydrogen) atoms. The molecule has 0 saturated carbocycles. The van der Waals surface area contributed by atoms with E-state index in [0.29, 0.717) is 0 Å². The lowest BCUT2D eigenvalue weighted by atomic mass is 9.91. The average molecular weight is 377 g/mol. The van der Waals surface area contributed by atoms with Gasteiger partial charge in [-0.15, -0.1) is 0 Å². The van der Waals surface area contributed by atoms with E-state index in [-0.39, 0.29) is 13.0 Å². The molecule has 0 spiro atoms. The largest absolute Gasteiger partial charge is 0.394 e. The second-order valence-corrected chi connectivity index (χ2v) is 7.10. The van der Waals surface area contributed by atoms with Gasteiger partial charge in [-0.05, 0) is 39.9 Å². The summed E-state index contributed by atoms with van der Waals surface area (Å²) in [6, 6.07) is 19.9. The molecule has 4 atom stereocenters. The van der Waals surface area contributed by atoms with E-state index in [1.807, 2.05) is 54.7 Å². The molecule has 3 N–H and O–H groups in total. The predicted molar refractivity (Wildman–Crippen MR) is 106 cm³/mol. The topological polar surface area (TPSA) is 82.8 Å². The second-order valence-electron chi connectivity index (χ2n) is 7.10. The zero-order chi connectivity index (χ0) is 19.5. The molecular formula is C23H23NO4. The first-order valence-corrected chi connectivity index (χ1v) is 9.39. The van der Waals surface area contributed by atoms with Crippen molar-refractivity contribution in [2.24, 2.45) is 0 Å². The lowest BCUT2D eigenvalue weighted by Gasteiger charge is -2.37. The maximum atomic E-state index is 10.4. The molecule has 5 nitrogen and oxygen atoms in total. The van der Waals surface area contributed by atoms with Crippen LogP contribution in [0.5, 0.6) is 0 Å². The Bertz CT molecular complexity index is 913. The quantitative estimate of drug-likeness (QED) is 0.651. The molecule has 0 aliphatic carbocycles. The summed E-state index contributed by atoms with van der Waals surface area (Å²) < 4.78 is 5.81. The summed E-state index contributed by atoms with van der Waals surface area (Å²) in [4.78, 5) is 4.16. The Labute approximate surface area is 163 Å². The Morgan fingerprint density at radius 2 is 1.61 bits per heavy atom.